The van der Waals surface area contributed by atoms with Crippen molar-refractivity contribution in [3.63, 3.8) is 0 Å². The molecule has 1 aliphatic heterocycles. The van der Waals surface area contributed by atoms with Gasteiger partial charge in [-0.15, -0.1) is 0 Å². The molecule has 1 atom stereocenters. The summed E-state index contributed by atoms with van der Waals surface area (Å²) in [5.41, 5.74) is 2.50. The van der Waals surface area contributed by atoms with Crippen LogP contribution in [-0.4, -0.2) is 36.8 Å². The van der Waals surface area contributed by atoms with E-state index in [0.29, 0.717) is 28.9 Å². The molecule has 1 fully saturated rings. The van der Waals surface area contributed by atoms with Crippen LogP contribution in [-0.2, 0) is 4.74 Å². The van der Waals surface area contributed by atoms with Gasteiger partial charge in [-0.2, -0.15) is 0 Å². The molecule has 1 saturated heterocycles. The molecule has 170 valence electrons. The third-order valence-electron chi connectivity index (χ3n) is 5.64. The third-order valence-corrected chi connectivity index (χ3v) is 6.89. The molecule has 0 radical (unpaired) electrons. The lowest BCUT2D eigenvalue weighted by Crippen LogP contribution is -2.37. The summed E-state index contributed by atoms with van der Waals surface area (Å²) < 4.78 is 12.6. The maximum atomic E-state index is 13.5. The van der Waals surface area contributed by atoms with E-state index in [2.05, 4.69) is 6.92 Å². The van der Waals surface area contributed by atoms with Gasteiger partial charge in [0.25, 0.3) is 5.91 Å². The van der Waals surface area contributed by atoms with Crippen LogP contribution in [0.3, 0.4) is 0 Å². The van der Waals surface area contributed by atoms with E-state index in [1.807, 2.05) is 43.3 Å². The number of benzene rings is 2. The lowest BCUT2D eigenvalue weighted by Gasteiger charge is -2.23. The molecule has 5 nitrogen and oxygen atoms in total. The summed E-state index contributed by atoms with van der Waals surface area (Å²) in [7, 11) is 0. The van der Waals surface area contributed by atoms with E-state index in [-0.39, 0.29) is 12.0 Å². The van der Waals surface area contributed by atoms with Gasteiger partial charge in [-0.25, -0.2) is 4.98 Å². The van der Waals surface area contributed by atoms with Crippen molar-refractivity contribution in [2.45, 2.75) is 52.1 Å². The lowest BCUT2D eigenvalue weighted by atomic mass is 10.1. The molecule has 2 heterocycles. The van der Waals surface area contributed by atoms with E-state index in [4.69, 9.17) is 26.1 Å². The predicted octanol–water partition coefficient (Wildman–Crippen LogP) is 6.65. The Bertz CT molecular complexity index is 1060. The maximum Gasteiger partial charge on any atom is 0.260 e. The number of nitrogens with zero attached hydrogens (tertiary/aromatic N) is 2. The number of hydrogen-bond acceptors (Lipinski definition) is 5. The Hall–Kier alpha value is -2.15. The van der Waals surface area contributed by atoms with Gasteiger partial charge in [0, 0.05) is 17.2 Å². The average Bonchev–Trinajstić information content (AvgIpc) is 3.45. The molecule has 3 aromatic rings. The van der Waals surface area contributed by atoms with Gasteiger partial charge < -0.3 is 9.47 Å². The normalized spacial score (nSPS) is 15.9. The first-order chi connectivity index (χ1) is 15.5. The molecule has 4 rings (SSSR count). The summed E-state index contributed by atoms with van der Waals surface area (Å²) in [5, 5.41) is 1.35. The van der Waals surface area contributed by atoms with E-state index < -0.39 is 0 Å². The molecule has 0 N–H and O–H groups in total. The van der Waals surface area contributed by atoms with Gasteiger partial charge in [-0.3, -0.25) is 9.69 Å². The van der Waals surface area contributed by atoms with Gasteiger partial charge in [-0.1, -0.05) is 42.7 Å². The number of amides is 1. The van der Waals surface area contributed by atoms with E-state index in [0.717, 1.165) is 60.2 Å². The summed E-state index contributed by atoms with van der Waals surface area (Å²) >= 11 is 7.73. The Morgan fingerprint density at radius 3 is 2.81 bits per heavy atom. The zero-order valence-corrected chi connectivity index (χ0v) is 20.2. The molecular formula is C25H29ClN2O3S. The zero-order valence-electron chi connectivity index (χ0n) is 18.6. The van der Waals surface area contributed by atoms with Crippen molar-refractivity contribution in [1.29, 1.82) is 0 Å². The second kappa shape index (κ2) is 10.6. The number of thiazole rings is 1. The van der Waals surface area contributed by atoms with Crippen LogP contribution >= 0.6 is 22.9 Å². The summed E-state index contributed by atoms with van der Waals surface area (Å²) in [6.45, 7) is 6.08. The highest BCUT2D eigenvalue weighted by molar-refractivity contribution is 7.22. The highest BCUT2D eigenvalue weighted by Gasteiger charge is 2.27. The number of fused-ring (bicyclic) bond motifs is 1. The number of ether oxygens (including phenoxy) is 2. The van der Waals surface area contributed by atoms with Gasteiger partial charge in [0.05, 0.1) is 29.5 Å². The van der Waals surface area contributed by atoms with Crippen LogP contribution in [0.1, 0.15) is 54.9 Å². The largest absolute Gasteiger partial charge is 0.494 e. The topological polar surface area (TPSA) is 51.7 Å². The fourth-order valence-corrected chi connectivity index (χ4v) is 5.32. The van der Waals surface area contributed by atoms with Gasteiger partial charge >= 0.3 is 0 Å². The van der Waals surface area contributed by atoms with Gasteiger partial charge in [0.1, 0.15) is 5.75 Å². The summed E-state index contributed by atoms with van der Waals surface area (Å²) in [6, 6.07) is 11.2. The summed E-state index contributed by atoms with van der Waals surface area (Å²) in [4.78, 5) is 20.1. The van der Waals surface area contributed by atoms with E-state index >= 15 is 0 Å². The van der Waals surface area contributed by atoms with Crippen LogP contribution in [0.5, 0.6) is 5.75 Å². The minimum absolute atomic E-state index is 0.0248. The monoisotopic (exact) mass is 472 g/mol. The van der Waals surface area contributed by atoms with E-state index in [1.54, 1.807) is 4.90 Å². The fourth-order valence-electron chi connectivity index (χ4n) is 3.89. The van der Waals surface area contributed by atoms with Crippen molar-refractivity contribution in [2.24, 2.45) is 0 Å². The van der Waals surface area contributed by atoms with Crippen molar-refractivity contribution in [3.05, 3.63) is 52.5 Å². The van der Waals surface area contributed by atoms with Crippen molar-refractivity contribution in [1.82, 2.24) is 4.98 Å². The Balaban J connectivity index is 1.57. The second-order valence-corrected chi connectivity index (χ2v) is 9.64. The molecule has 0 aliphatic carbocycles. The SMILES string of the molecule is CCCCCOc1ccc(C(=O)N(CC2CCCO2)c2nc3c(C)cc(Cl)cc3s2)cc1. The molecule has 1 aliphatic rings. The Morgan fingerprint density at radius 2 is 2.09 bits per heavy atom. The molecule has 0 bridgehead atoms. The second-order valence-electron chi connectivity index (χ2n) is 8.20. The number of aromatic nitrogens is 1. The quantitative estimate of drug-likeness (QED) is 0.327. The first-order valence-corrected chi connectivity index (χ1v) is 12.5. The van der Waals surface area contributed by atoms with Gasteiger partial charge in [0.2, 0.25) is 0 Å². The highest BCUT2D eigenvalue weighted by Crippen LogP contribution is 2.34. The number of halogens is 1. The van der Waals surface area contributed by atoms with Gasteiger partial charge in [-0.05, 0) is 68.1 Å². The molecule has 1 unspecified atom stereocenters. The van der Waals surface area contributed by atoms with Crippen molar-refractivity contribution >= 4 is 44.2 Å². The Kier molecular flexibility index (Phi) is 7.66. The van der Waals surface area contributed by atoms with Crippen molar-refractivity contribution in [3.8, 4) is 5.75 Å². The van der Waals surface area contributed by atoms with Crippen molar-refractivity contribution < 1.29 is 14.3 Å². The van der Waals surface area contributed by atoms with Crippen LogP contribution in [0.25, 0.3) is 10.2 Å². The van der Waals surface area contributed by atoms with Crippen LogP contribution in [0.4, 0.5) is 5.13 Å². The third kappa shape index (κ3) is 5.42. The number of hydrogen-bond donors (Lipinski definition) is 0. The Morgan fingerprint density at radius 1 is 1.28 bits per heavy atom. The molecule has 1 amide bonds. The predicted molar refractivity (Wildman–Crippen MR) is 131 cm³/mol. The summed E-state index contributed by atoms with van der Waals surface area (Å²) in [5.74, 6) is 0.703. The van der Waals surface area contributed by atoms with Crippen LogP contribution < -0.4 is 9.64 Å². The summed E-state index contributed by atoms with van der Waals surface area (Å²) in [6.07, 6.45) is 5.34. The molecule has 32 heavy (non-hydrogen) atoms. The van der Waals surface area contributed by atoms with E-state index in [9.17, 15) is 4.79 Å². The maximum absolute atomic E-state index is 13.5. The molecule has 1 aromatic heterocycles. The highest BCUT2D eigenvalue weighted by atomic mass is 35.5. The van der Waals surface area contributed by atoms with E-state index in [1.165, 1.54) is 11.3 Å². The first kappa shape index (κ1) is 23.0. The average molecular weight is 473 g/mol. The standard InChI is InChI=1S/C25H29ClN2O3S/c1-3-4-5-12-30-20-10-8-18(9-11-20)24(29)28(16-21-7-6-13-31-21)25-27-23-17(2)14-19(26)15-22(23)32-25/h8-11,14-15,21H,3-7,12-13,16H2,1-2H3. The smallest absolute Gasteiger partial charge is 0.260 e. The fraction of sp³-hybridized carbons (Fsp3) is 0.440. The minimum atomic E-state index is -0.0826. The van der Waals surface area contributed by atoms with Gasteiger partial charge in [0.15, 0.2) is 5.13 Å². The molecule has 0 saturated carbocycles. The van der Waals surface area contributed by atoms with Crippen molar-refractivity contribution in [2.75, 3.05) is 24.7 Å². The Labute approximate surface area is 198 Å². The number of carbonyl (C=O) groups excluding carboxylic acids is 1. The molecule has 7 heteroatoms. The molecular weight excluding hydrogens is 444 g/mol. The first-order valence-electron chi connectivity index (χ1n) is 11.3. The minimum Gasteiger partial charge on any atom is -0.494 e. The number of unbranched alkanes of at least 4 members (excludes halogenated alkanes) is 2. The number of carbonyl (C=O) groups is 1. The van der Waals surface area contributed by atoms with Crippen LogP contribution in [0.15, 0.2) is 36.4 Å². The lowest BCUT2D eigenvalue weighted by molar-refractivity contribution is 0.0917. The van der Waals surface area contributed by atoms with Crippen LogP contribution in [0.2, 0.25) is 5.02 Å². The number of anilines is 1. The number of rotatable bonds is 9. The molecule has 0 spiro atoms. The van der Waals surface area contributed by atoms with Crippen LogP contribution in [0, 0.1) is 6.92 Å². The number of aryl methyl sites for hydroxylation is 1. The zero-order chi connectivity index (χ0) is 22.5. The molecule has 2 aromatic carbocycles.